The van der Waals surface area contributed by atoms with Crippen molar-refractivity contribution in [3.05, 3.63) is 58.9 Å². The predicted octanol–water partition coefficient (Wildman–Crippen LogP) is 3.48. The van der Waals surface area contributed by atoms with E-state index in [9.17, 15) is 14.0 Å². The number of nitrogens with one attached hydrogen (secondary N) is 1. The molecule has 1 aliphatic rings. The first-order chi connectivity index (χ1) is 12.9. The van der Waals surface area contributed by atoms with Crippen LogP contribution in [0.25, 0.3) is 0 Å². The molecule has 2 amide bonds. The number of amides is 2. The fourth-order valence-corrected chi connectivity index (χ4v) is 3.31. The molecule has 5 nitrogen and oxygen atoms in total. The number of nitrogens with two attached hydrogens (primary N) is 1. The van der Waals surface area contributed by atoms with E-state index in [2.05, 4.69) is 5.32 Å². The number of hydrogen-bond acceptors (Lipinski definition) is 3. The van der Waals surface area contributed by atoms with Crippen molar-refractivity contribution in [1.29, 1.82) is 0 Å². The Labute approximate surface area is 162 Å². The third kappa shape index (κ3) is 4.98. The van der Waals surface area contributed by atoms with Crippen LogP contribution in [-0.4, -0.2) is 29.8 Å². The molecule has 142 valence electrons. The number of likely N-dealkylation sites (tertiary alicyclic amines) is 1. The lowest BCUT2D eigenvalue weighted by molar-refractivity contribution is -0.133. The lowest BCUT2D eigenvalue weighted by Gasteiger charge is -2.31. The van der Waals surface area contributed by atoms with Gasteiger partial charge in [0.15, 0.2) is 0 Å². The Bertz CT molecular complexity index is 834. The Morgan fingerprint density at radius 3 is 2.44 bits per heavy atom. The maximum atomic E-state index is 13.2. The van der Waals surface area contributed by atoms with Gasteiger partial charge in [0.25, 0.3) is 0 Å². The number of piperidine rings is 1. The average Bonchev–Trinajstić information content (AvgIpc) is 2.66. The van der Waals surface area contributed by atoms with Crippen LogP contribution in [0.1, 0.15) is 18.4 Å². The van der Waals surface area contributed by atoms with E-state index in [4.69, 9.17) is 17.3 Å². The van der Waals surface area contributed by atoms with Gasteiger partial charge in [0.05, 0.1) is 11.4 Å². The van der Waals surface area contributed by atoms with Gasteiger partial charge in [0.1, 0.15) is 5.82 Å². The summed E-state index contributed by atoms with van der Waals surface area (Å²) in [7, 11) is 0. The van der Waals surface area contributed by atoms with Crippen LogP contribution in [0.5, 0.6) is 0 Å². The normalized spacial score (nSPS) is 14.8. The van der Waals surface area contributed by atoms with Gasteiger partial charge in [0, 0.05) is 30.4 Å². The zero-order valence-corrected chi connectivity index (χ0v) is 15.5. The number of benzene rings is 2. The summed E-state index contributed by atoms with van der Waals surface area (Å²) in [5, 5.41) is 2.73. The zero-order chi connectivity index (χ0) is 19.4. The van der Waals surface area contributed by atoms with Crippen molar-refractivity contribution in [3.8, 4) is 0 Å². The van der Waals surface area contributed by atoms with E-state index in [1.54, 1.807) is 17.0 Å². The van der Waals surface area contributed by atoms with Gasteiger partial charge >= 0.3 is 0 Å². The zero-order valence-electron chi connectivity index (χ0n) is 14.8. The van der Waals surface area contributed by atoms with Crippen LogP contribution < -0.4 is 11.1 Å². The average molecular weight is 390 g/mol. The molecule has 1 saturated heterocycles. The van der Waals surface area contributed by atoms with Gasteiger partial charge in [0.2, 0.25) is 11.8 Å². The number of carbonyl (C=O) groups excluding carboxylic acids is 2. The third-order valence-corrected chi connectivity index (χ3v) is 5.03. The highest BCUT2D eigenvalue weighted by molar-refractivity contribution is 6.31. The molecule has 1 heterocycles. The summed E-state index contributed by atoms with van der Waals surface area (Å²) in [6.07, 6.45) is 1.51. The number of hydrogen-bond donors (Lipinski definition) is 2. The summed E-state index contributed by atoms with van der Waals surface area (Å²) in [5.74, 6) is -0.802. The van der Waals surface area contributed by atoms with Gasteiger partial charge in [-0.15, -0.1) is 0 Å². The molecular weight excluding hydrogens is 369 g/mol. The highest BCUT2D eigenvalue weighted by Crippen LogP contribution is 2.23. The van der Waals surface area contributed by atoms with Gasteiger partial charge in [-0.1, -0.05) is 23.7 Å². The van der Waals surface area contributed by atoms with Crippen LogP contribution in [0, 0.1) is 11.7 Å². The second-order valence-electron chi connectivity index (χ2n) is 6.69. The Morgan fingerprint density at radius 2 is 1.81 bits per heavy atom. The van der Waals surface area contributed by atoms with Gasteiger partial charge in [-0.25, -0.2) is 4.39 Å². The molecule has 1 fully saturated rings. The minimum Gasteiger partial charge on any atom is -0.399 e. The maximum absolute atomic E-state index is 13.2. The largest absolute Gasteiger partial charge is 0.399 e. The van der Waals surface area contributed by atoms with Gasteiger partial charge in [-0.05, 0) is 48.7 Å². The first-order valence-corrected chi connectivity index (χ1v) is 9.18. The van der Waals surface area contributed by atoms with E-state index >= 15 is 0 Å². The van der Waals surface area contributed by atoms with E-state index in [0.29, 0.717) is 43.7 Å². The molecule has 27 heavy (non-hydrogen) atoms. The highest BCUT2D eigenvalue weighted by Gasteiger charge is 2.27. The summed E-state index contributed by atoms with van der Waals surface area (Å²) in [4.78, 5) is 26.6. The first kappa shape index (κ1) is 19.2. The van der Waals surface area contributed by atoms with E-state index in [1.165, 1.54) is 18.2 Å². The van der Waals surface area contributed by atoms with Gasteiger partial charge in [-0.3, -0.25) is 9.59 Å². The van der Waals surface area contributed by atoms with Gasteiger partial charge < -0.3 is 16.0 Å². The molecule has 0 aromatic heterocycles. The number of anilines is 2. The van der Waals surface area contributed by atoms with Crippen LogP contribution in [0.2, 0.25) is 5.02 Å². The molecule has 0 spiro atoms. The van der Waals surface area contributed by atoms with Crippen molar-refractivity contribution in [1.82, 2.24) is 4.90 Å². The van der Waals surface area contributed by atoms with Gasteiger partial charge in [-0.2, -0.15) is 0 Å². The molecule has 1 aliphatic heterocycles. The van der Waals surface area contributed by atoms with Crippen molar-refractivity contribution in [2.24, 2.45) is 5.92 Å². The number of rotatable bonds is 4. The van der Waals surface area contributed by atoms with Crippen LogP contribution >= 0.6 is 11.6 Å². The standard InChI is InChI=1S/C20H21ClFN3O2/c21-17-12-16(5-6-18(17)22)24-20(27)14-7-9-25(10-8-14)19(26)11-13-1-3-15(23)4-2-13/h1-6,12,14H,7-11,23H2,(H,24,27). The molecule has 3 rings (SSSR count). The lowest BCUT2D eigenvalue weighted by Crippen LogP contribution is -2.42. The number of halogens is 2. The molecule has 0 atom stereocenters. The minimum atomic E-state index is -0.525. The summed E-state index contributed by atoms with van der Waals surface area (Å²) in [5.41, 5.74) is 7.71. The monoisotopic (exact) mass is 389 g/mol. The number of nitrogens with zero attached hydrogens (tertiary/aromatic N) is 1. The topological polar surface area (TPSA) is 75.4 Å². The van der Waals surface area contributed by atoms with E-state index in [-0.39, 0.29) is 22.8 Å². The fraction of sp³-hybridized carbons (Fsp3) is 0.300. The summed E-state index contributed by atoms with van der Waals surface area (Å²) < 4.78 is 13.2. The highest BCUT2D eigenvalue weighted by atomic mass is 35.5. The van der Waals surface area contributed by atoms with E-state index in [0.717, 1.165) is 5.56 Å². The summed E-state index contributed by atoms with van der Waals surface area (Å²) in [6, 6.07) is 11.3. The Morgan fingerprint density at radius 1 is 1.15 bits per heavy atom. The van der Waals surface area contributed by atoms with Crippen molar-refractivity contribution < 1.29 is 14.0 Å². The second-order valence-corrected chi connectivity index (χ2v) is 7.10. The smallest absolute Gasteiger partial charge is 0.227 e. The molecule has 3 N–H and O–H groups in total. The predicted molar refractivity (Wildman–Crippen MR) is 104 cm³/mol. The molecule has 0 radical (unpaired) electrons. The molecule has 0 aliphatic carbocycles. The summed E-state index contributed by atoms with van der Waals surface area (Å²) >= 11 is 5.73. The minimum absolute atomic E-state index is 0.0316. The Balaban J connectivity index is 1.50. The maximum Gasteiger partial charge on any atom is 0.227 e. The van der Waals surface area contributed by atoms with Crippen LogP contribution in [0.3, 0.4) is 0 Å². The fourth-order valence-electron chi connectivity index (χ4n) is 3.13. The third-order valence-electron chi connectivity index (χ3n) is 4.74. The van der Waals surface area contributed by atoms with Crippen molar-refractivity contribution in [3.63, 3.8) is 0 Å². The number of nitrogen functional groups attached to an aromatic ring is 1. The van der Waals surface area contributed by atoms with Crippen LogP contribution in [-0.2, 0) is 16.0 Å². The quantitative estimate of drug-likeness (QED) is 0.786. The Kier molecular flexibility index (Phi) is 5.96. The van der Waals surface area contributed by atoms with Crippen molar-refractivity contribution >= 4 is 34.8 Å². The van der Waals surface area contributed by atoms with Crippen molar-refractivity contribution in [2.75, 3.05) is 24.1 Å². The SMILES string of the molecule is Nc1ccc(CC(=O)N2CCC(C(=O)Nc3ccc(F)c(Cl)c3)CC2)cc1. The summed E-state index contributed by atoms with van der Waals surface area (Å²) in [6.45, 7) is 1.08. The molecular formula is C20H21ClFN3O2. The molecule has 0 unspecified atom stereocenters. The lowest BCUT2D eigenvalue weighted by atomic mass is 9.95. The molecule has 0 bridgehead atoms. The van der Waals surface area contributed by atoms with E-state index < -0.39 is 5.82 Å². The molecule has 2 aromatic carbocycles. The first-order valence-electron chi connectivity index (χ1n) is 8.80. The second kappa shape index (κ2) is 8.39. The molecule has 7 heteroatoms. The number of carbonyl (C=O) groups is 2. The van der Waals surface area contributed by atoms with Crippen LogP contribution in [0.15, 0.2) is 42.5 Å². The van der Waals surface area contributed by atoms with E-state index in [1.807, 2.05) is 12.1 Å². The van der Waals surface area contributed by atoms with Crippen molar-refractivity contribution in [2.45, 2.75) is 19.3 Å². The Hall–Kier alpha value is -2.60. The van der Waals surface area contributed by atoms with Crippen LogP contribution in [0.4, 0.5) is 15.8 Å². The molecule has 2 aromatic rings. The molecule has 0 saturated carbocycles.